The van der Waals surface area contributed by atoms with E-state index in [9.17, 15) is 0 Å². The fraction of sp³-hybridized carbons (Fsp3) is 0.889. The molecule has 0 radical (unpaired) electrons. The van der Waals surface area contributed by atoms with Gasteiger partial charge < -0.3 is 10.2 Å². The first-order valence-corrected chi connectivity index (χ1v) is 5.95. The fourth-order valence-corrected chi connectivity index (χ4v) is 2.56. The van der Waals surface area contributed by atoms with Gasteiger partial charge in [-0.05, 0) is 33.0 Å². The number of likely N-dealkylation sites (tertiary alicyclic amines) is 1. The van der Waals surface area contributed by atoms with Gasteiger partial charge in [-0.3, -0.25) is 4.99 Å². The molecule has 3 nitrogen and oxygen atoms in total. The van der Waals surface area contributed by atoms with Crippen LogP contribution < -0.4 is 5.32 Å². The van der Waals surface area contributed by atoms with Gasteiger partial charge in [0.2, 0.25) is 0 Å². The Balaban J connectivity index is 1.75. The van der Waals surface area contributed by atoms with Crippen LogP contribution in [0.15, 0.2) is 4.99 Å². The van der Waals surface area contributed by atoms with Gasteiger partial charge in [-0.2, -0.15) is 0 Å². The average molecular weight is 199 g/mol. The van der Waals surface area contributed by atoms with Crippen LogP contribution in [-0.2, 0) is 0 Å². The van der Waals surface area contributed by atoms with Crippen LogP contribution in [0.25, 0.3) is 0 Å². The molecule has 74 valence electrons. The Hall–Kier alpha value is -0.220. The van der Waals surface area contributed by atoms with Crippen molar-refractivity contribution in [3.05, 3.63) is 0 Å². The van der Waals surface area contributed by atoms with E-state index in [-0.39, 0.29) is 0 Å². The molecule has 4 heteroatoms. The van der Waals surface area contributed by atoms with Crippen molar-refractivity contribution < 1.29 is 0 Å². The summed E-state index contributed by atoms with van der Waals surface area (Å²) in [4.78, 5) is 6.79. The topological polar surface area (TPSA) is 27.6 Å². The molecule has 2 aliphatic rings. The Labute approximate surface area is 84.0 Å². The van der Waals surface area contributed by atoms with Gasteiger partial charge in [0.25, 0.3) is 0 Å². The molecule has 2 aliphatic heterocycles. The largest absolute Gasteiger partial charge is 0.362 e. The minimum atomic E-state index is 0.667. The number of aliphatic imine (C=N–C) groups is 1. The van der Waals surface area contributed by atoms with E-state index in [1.54, 1.807) is 0 Å². The molecule has 0 saturated carbocycles. The smallest absolute Gasteiger partial charge is 0.156 e. The number of nitrogens with zero attached hydrogens (tertiary/aromatic N) is 2. The molecule has 13 heavy (non-hydrogen) atoms. The minimum absolute atomic E-state index is 0.667. The van der Waals surface area contributed by atoms with Gasteiger partial charge in [-0.15, -0.1) is 0 Å². The minimum Gasteiger partial charge on any atom is -0.362 e. The first kappa shape index (κ1) is 9.34. The second-order valence-electron chi connectivity index (χ2n) is 3.76. The lowest BCUT2D eigenvalue weighted by Gasteiger charge is -2.29. The van der Waals surface area contributed by atoms with E-state index in [0.717, 1.165) is 12.3 Å². The van der Waals surface area contributed by atoms with E-state index >= 15 is 0 Å². The zero-order chi connectivity index (χ0) is 9.10. The Bertz CT molecular complexity index is 197. The maximum atomic E-state index is 4.40. The molecule has 2 rings (SSSR count). The third-order valence-corrected chi connectivity index (χ3v) is 3.54. The third-order valence-electron chi connectivity index (χ3n) is 2.63. The van der Waals surface area contributed by atoms with Crippen LogP contribution >= 0.6 is 11.8 Å². The van der Waals surface area contributed by atoms with Gasteiger partial charge in [-0.25, -0.2) is 0 Å². The standard InChI is InChI=1S/C9H17N3S/c1-12-5-2-8(3-6-12)11-9-10-4-7-13-9/h8H,2-7H2,1H3,(H,10,11). The van der Waals surface area contributed by atoms with Crippen molar-refractivity contribution in [1.82, 2.24) is 10.2 Å². The molecule has 0 spiro atoms. The predicted molar refractivity (Wildman–Crippen MR) is 58.4 cm³/mol. The van der Waals surface area contributed by atoms with Crippen molar-refractivity contribution in [3.63, 3.8) is 0 Å². The lowest BCUT2D eigenvalue weighted by atomic mass is 10.1. The normalized spacial score (nSPS) is 26.1. The molecule has 0 aromatic rings. The van der Waals surface area contributed by atoms with Gasteiger partial charge in [0, 0.05) is 11.8 Å². The van der Waals surface area contributed by atoms with Crippen molar-refractivity contribution in [1.29, 1.82) is 0 Å². The zero-order valence-electron chi connectivity index (χ0n) is 8.12. The molecule has 1 saturated heterocycles. The monoisotopic (exact) mass is 199 g/mol. The Morgan fingerprint density at radius 3 is 2.85 bits per heavy atom. The van der Waals surface area contributed by atoms with Crippen LogP contribution in [0.1, 0.15) is 12.8 Å². The molecular formula is C9H17N3S. The molecule has 0 aliphatic carbocycles. The molecule has 0 unspecified atom stereocenters. The highest BCUT2D eigenvalue weighted by Gasteiger charge is 2.18. The highest BCUT2D eigenvalue weighted by molar-refractivity contribution is 8.14. The van der Waals surface area contributed by atoms with Crippen LogP contribution in [0.5, 0.6) is 0 Å². The SMILES string of the molecule is CN1CCC(NC2=NCCS2)CC1. The lowest BCUT2D eigenvalue weighted by molar-refractivity contribution is 0.247. The summed E-state index contributed by atoms with van der Waals surface area (Å²) in [5.41, 5.74) is 0. The molecule has 0 atom stereocenters. The van der Waals surface area contributed by atoms with E-state index in [1.807, 2.05) is 11.8 Å². The first-order chi connectivity index (χ1) is 6.34. The van der Waals surface area contributed by atoms with Gasteiger partial charge in [0.05, 0.1) is 6.54 Å². The molecule has 0 aromatic heterocycles. The van der Waals surface area contributed by atoms with Gasteiger partial charge >= 0.3 is 0 Å². The molecule has 0 aromatic carbocycles. The van der Waals surface area contributed by atoms with E-state index in [0.29, 0.717) is 6.04 Å². The highest BCUT2D eigenvalue weighted by Crippen LogP contribution is 2.13. The molecule has 1 fully saturated rings. The second-order valence-corrected chi connectivity index (χ2v) is 4.84. The molecule has 0 amide bonds. The second kappa shape index (κ2) is 4.33. The Morgan fingerprint density at radius 1 is 1.46 bits per heavy atom. The molecule has 2 heterocycles. The third kappa shape index (κ3) is 2.61. The van der Waals surface area contributed by atoms with E-state index in [1.165, 1.54) is 31.1 Å². The van der Waals surface area contributed by atoms with Crippen molar-refractivity contribution in [3.8, 4) is 0 Å². The maximum Gasteiger partial charge on any atom is 0.156 e. The maximum absolute atomic E-state index is 4.40. The van der Waals surface area contributed by atoms with Crippen LogP contribution in [0, 0.1) is 0 Å². The van der Waals surface area contributed by atoms with E-state index in [4.69, 9.17) is 0 Å². The number of hydrogen-bond acceptors (Lipinski definition) is 4. The van der Waals surface area contributed by atoms with E-state index in [2.05, 4.69) is 22.3 Å². The molecular weight excluding hydrogens is 182 g/mol. The first-order valence-electron chi connectivity index (χ1n) is 4.97. The summed E-state index contributed by atoms with van der Waals surface area (Å²) >= 11 is 1.86. The van der Waals surface area contributed by atoms with Crippen LogP contribution in [0.2, 0.25) is 0 Å². The number of amidine groups is 1. The summed E-state index contributed by atoms with van der Waals surface area (Å²) in [5.74, 6) is 1.16. The average Bonchev–Trinajstić information content (AvgIpc) is 2.62. The zero-order valence-corrected chi connectivity index (χ0v) is 8.94. The number of rotatable bonds is 1. The fourth-order valence-electron chi connectivity index (χ4n) is 1.75. The summed E-state index contributed by atoms with van der Waals surface area (Å²) < 4.78 is 0. The van der Waals surface area contributed by atoms with Crippen molar-refractivity contribution >= 4 is 16.9 Å². The molecule has 0 bridgehead atoms. The van der Waals surface area contributed by atoms with E-state index < -0.39 is 0 Å². The molecule has 1 N–H and O–H groups in total. The van der Waals surface area contributed by atoms with Crippen LogP contribution in [0.3, 0.4) is 0 Å². The van der Waals surface area contributed by atoms with Crippen molar-refractivity contribution in [2.24, 2.45) is 4.99 Å². The predicted octanol–water partition coefficient (Wildman–Crippen LogP) is 0.773. The summed E-state index contributed by atoms with van der Waals surface area (Å²) in [5, 5.41) is 4.70. The van der Waals surface area contributed by atoms with Gasteiger partial charge in [0.15, 0.2) is 5.17 Å². The number of nitrogens with one attached hydrogen (secondary N) is 1. The number of thioether (sulfide) groups is 1. The summed E-state index contributed by atoms with van der Waals surface area (Å²) in [6, 6.07) is 0.667. The van der Waals surface area contributed by atoms with Gasteiger partial charge in [0.1, 0.15) is 0 Å². The lowest BCUT2D eigenvalue weighted by Crippen LogP contribution is -2.42. The van der Waals surface area contributed by atoms with Crippen molar-refractivity contribution in [2.75, 3.05) is 32.4 Å². The van der Waals surface area contributed by atoms with Crippen LogP contribution in [-0.4, -0.2) is 48.5 Å². The summed E-state index contributed by atoms with van der Waals surface area (Å²) in [6.07, 6.45) is 2.52. The highest BCUT2D eigenvalue weighted by atomic mass is 32.2. The Morgan fingerprint density at radius 2 is 2.23 bits per heavy atom. The summed E-state index contributed by atoms with van der Waals surface area (Å²) in [7, 11) is 2.19. The number of piperidine rings is 1. The number of hydrogen-bond donors (Lipinski definition) is 1. The van der Waals surface area contributed by atoms with Crippen molar-refractivity contribution in [2.45, 2.75) is 18.9 Å². The quantitative estimate of drug-likeness (QED) is 0.676. The Kier molecular flexibility index (Phi) is 3.11. The van der Waals surface area contributed by atoms with Gasteiger partial charge in [-0.1, -0.05) is 11.8 Å². The summed E-state index contributed by atoms with van der Waals surface area (Å²) in [6.45, 7) is 3.44. The van der Waals surface area contributed by atoms with Crippen LogP contribution in [0.4, 0.5) is 0 Å².